The molecule has 3 rings (SSSR count). The number of carbonyl (C=O) groups excluding carboxylic acids is 2. The molecule has 0 bridgehead atoms. The third-order valence-corrected chi connectivity index (χ3v) is 5.49. The van der Waals surface area contributed by atoms with E-state index in [1.54, 1.807) is 36.4 Å². The molecule has 1 unspecified atom stereocenters. The van der Waals surface area contributed by atoms with Crippen molar-refractivity contribution in [3.63, 3.8) is 0 Å². The lowest BCUT2D eigenvalue weighted by Crippen LogP contribution is -2.18. The van der Waals surface area contributed by atoms with Crippen molar-refractivity contribution in [3.05, 3.63) is 94.0 Å². The summed E-state index contributed by atoms with van der Waals surface area (Å²) in [6.07, 6.45) is 1.05. The molecule has 0 radical (unpaired) electrons. The number of carbonyl (C=O) groups is 2. The second-order valence-electron chi connectivity index (χ2n) is 6.98. The first-order valence-corrected chi connectivity index (χ1v) is 10.6. The second kappa shape index (κ2) is 10.2. The van der Waals surface area contributed by atoms with Crippen LogP contribution in [0.2, 0.25) is 0 Å². The van der Waals surface area contributed by atoms with Crippen molar-refractivity contribution in [2.45, 2.75) is 26.2 Å². The highest BCUT2D eigenvalue weighted by Crippen LogP contribution is 2.30. The summed E-state index contributed by atoms with van der Waals surface area (Å²) in [5.74, 6) is 0.803. The third-order valence-electron chi connectivity index (χ3n) is 4.87. The average molecular weight is 467 g/mol. The van der Waals surface area contributed by atoms with E-state index in [2.05, 4.69) is 29.8 Å². The first-order chi connectivity index (χ1) is 14.5. The zero-order valence-corrected chi connectivity index (χ0v) is 18.5. The molecule has 0 spiro atoms. The van der Waals surface area contributed by atoms with Crippen molar-refractivity contribution in [2.75, 3.05) is 6.61 Å². The molecular weight excluding hydrogens is 444 g/mol. The topological polar surface area (TPSA) is 52.6 Å². The highest BCUT2D eigenvalue weighted by atomic mass is 79.9. The Morgan fingerprint density at radius 1 is 0.933 bits per heavy atom. The smallest absolute Gasteiger partial charge is 0.349 e. The van der Waals surface area contributed by atoms with Gasteiger partial charge in [0.15, 0.2) is 12.4 Å². The number of ketones is 1. The lowest BCUT2D eigenvalue weighted by molar-refractivity contribution is -0.136. The van der Waals surface area contributed by atoms with Crippen LogP contribution in [-0.2, 0) is 4.79 Å². The predicted octanol–water partition coefficient (Wildman–Crippen LogP) is 6.18. The van der Waals surface area contributed by atoms with E-state index in [1.165, 1.54) is 5.56 Å². The van der Waals surface area contributed by atoms with Crippen LogP contribution in [0.15, 0.2) is 77.3 Å². The number of ether oxygens (including phenoxy) is 2. The number of rotatable bonds is 8. The van der Waals surface area contributed by atoms with Gasteiger partial charge in [0.25, 0.3) is 0 Å². The van der Waals surface area contributed by atoms with E-state index >= 15 is 0 Å². The molecule has 3 aromatic carbocycles. The maximum Gasteiger partial charge on any atom is 0.349 e. The van der Waals surface area contributed by atoms with E-state index in [4.69, 9.17) is 9.47 Å². The summed E-state index contributed by atoms with van der Waals surface area (Å²) in [6, 6.07) is 21.4. The van der Waals surface area contributed by atoms with Gasteiger partial charge >= 0.3 is 5.97 Å². The van der Waals surface area contributed by atoms with Crippen molar-refractivity contribution >= 4 is 27.7 Å². The van der Waals surface area contributed by atoms with Gasteiger partial charge in [0.2, 0.25) is 0 Å². The monoisotopic (exact) mass is 466 g/mol. The van der Waals surface area contributed by atoms with E-state index in [0.29, 0.717) is 28.5 Å². The molecule has 0 aliphatic rings. The third kappa shape index (κ3) is 5.57. The Bertz CT molecular complexity index is 1010. The van der Waals surface area contributed by atoms with E-state index in [0.717, 1.165) is 10.9 Å². The molecule has 0 aliphatic carbocycles. The molecule has 3 aromatic rings. The lowest BCUT2D eigenvalue weighted by Gasteiger charge is -2.13. The van der Waals surface area contributed by atoms with Gasteiger partial charge in [-0.1, -0.05) is 50.2 Å². The fraction of sp³-hybridized carbons (Fsp3) is 0.200. The van der Waals surface area contributed by atoms with Crippen LogP contribution in [0, 0.1) is 0 Å². The number of benzene rings is 3. The predicted molar refractivity (Wildman–Crippen MR) is 120 cm³/mol. The molecule has 5 heteroatoms. The van der Waals surface area contributed by atoms with Gasteiger partial charge in [0.05, 0.1) is 4.47 Å². The van der Waals surface area contributed by atoms with Crippen molar-refractivity contribution < 1.29 is 19.1 Å². The fourth-order valence-corrected chi connectivity index (χ4v) is 3.42. The summed E-state index contributed by atoms with van der Waals surface area (Å²) in [5, 5.41) is 0. The number of halogens is 1. The van der Waals surface area contributed by atoms with E-state index in [9.17, 15) is 9.59 Å². The molecule has 0 fully saturated rings. The van der Waals surface area contributed by atoms with Crippen LogP contribution in [0.25, 0.3) is 0 Å². The van der Waals surface area contributed by atoms with Crippen LogP contribution in [-0.4, -0.2) is 18.4 Å². The zero-order valence-electron chi connectivity index (χ0n) is 16.9. The number of hydrogen-bond acceptors (Lipinski definition) is 4. The van der Waals surface area contributed by atoms with Crippen molar-refractivity contribution in [2.24, 2.45) is 0 Å². The fourth-order valence-electron chi connectivity index (χ4n) is 2.90. The molecular formula is C25H23BrO4. The summed E-state index contributed by atoms with van der Waals surface area (Å²) in [4.78, 5) is 24.6. The minimum absolute atomic E-state index is 0.0810. The Balaban J connectivity index is 1.56. The van der Waals surface area contributed by atoms with Gasteiger partial charge in [-0.05, 0) is 70.2 Å². The van der Waals surface area contributed by atoms with Crippen LogP contribution in [0.1, 0.15) is 47.7 Å². The van der Waals surface area contributed by atoms with Gasteiger partial charge in [0.1, 0.15) is 11.5 Å². The van der Waals surface area contributed by atoms with Crippen LogP contribution in [0.4, 0.5) is 0 Å². The summed E-state index contributed by atoms with van der Waals surface area (Å²) in [6.45, 7) is 4.09. The van der Waals surface area contributed by atoms with Gasteiger partial charge in [-0.2, -0.15) is 0 Å². The maximum absolute atomic E-state index is 12.4. The molecule has 154 valence electrons. The molecule has 0 saturated carbocycles. The van der Waals surface area contributed by atoms with Gasteiger partial charge < -0.3 is 9.47 Å². The Kier molecular flexibility index (Phi) is 7.41. The molecule has 0 saturated heterocycles. The van der Waals surface area contributed by atoms with Crippen molar-refractivity contribution in [1.29, 1.82) is 0 Å². The Hall–Kier alpha value is -2.92. The maximum atomic E-state index is 12.4. The summed E-state index contributed by atoms with van der Waals surface area (Å²) >= 11 is 3.49. The minimum Gasteiger partial charge on any atom is -0.481 e. The summed E-state index contributed by atoms with van der Waals surface area (Å²) < 4.78 is 11.7. The molecule has 1 atom stereocenters. The quantitative estimate of drug-likeness (QED) is 0.226. The molecule has 4 nitrogen and oxygen atoms in total. The molecule has 0 aliphatic heterocycles. The van der Waals surface area contributed by atoms with Crippen molar-refractivity contribution in [1.82, 2.24) is 0 Å². The first kappa shape index (κ1) is 21.8. The lowest BCUT2D eigenvalue weighted by atomic mass is 9.99. The standard InChI is InChI=1S/C25H23BrO4/c1-3-17(2)20-11-14-23(22(26)15-20)29-16-24(27)30-21-12-9-19(10-13-21)25(28)18-7-5-4-6-8-18/h4-15,17H,3,16H2,1-2H3. The minimum atomic E-state index is -0.518. The largest absolute Gasteiger partial charge is 0.481 e. The van der Waals surface area contributed by atoms with Crippen LogP contribution in [0.3, 0.4) is 0 Å². The Labute approximate surface area is 185 Å². The highest BCUT2D eigenvalue weighted by Gasteiger charge is 2.12. The highest BCUT2D eigenvalue weighted by molar-refractivity contribution is 9.10. The SMILES string of the molecule is CCC(C)c1ccc(OCC(=O)Oc2ccc(C(=O)c3ccccc3)cc2)c(Br)c1. The van der Waals surface area contributed by atoms with Gasteiger partial charge in [-0.15, -0.1) is 0 Å². The molecule has 30 heavy (non-hydrogen) atoms. The second-order valence-corrected chi connectivity index (χ2v) is 7.84. The van der Waals surface area contributed by atoms with E-state index in [1.807, 2.05) is 36.4 Å². The van der Waals surface area contributed by atoms with Gasteiger partial charge in [0, 0.05) is 11.1 Å². The zero-order chi connectivity index (χ0) is 21.5. The number of hydrogen-bond donors (Lipinski definition) is 0. The average Bonchev–Trinajstić information content (AvgIpc) is 2.78. The van der Waals surface area contributed by atoms with E-state index in [-0.39, 0.29) is 12.4 Å². The van der Waals surface area contributed by atoms with Crippen molar-refractivity contribution in [3.8, 4) is 11.5 Å². The van der Waals surface area contributed by atoms with Crippen LogP contribution < -0.4 is 9.47 Å². The van der Waals surface area contributed by atoms with E-state index < -0.39 is 5.97 Å². The van der Waals surface area contributed by atoms with Crippen LogP contribution >= 0.6 is 15.9 Å². The van der Waals surface area contributed by atoms with Gasteiger partial charge in [-0.3, -0.25) is 4.79 Å². The molecule has 0 aromatic heterocycles. The van der Waals surface area contributed by atoms with Gasteiger partial charge in [-0.25, -0.2) is 4.79 Å². The summed E-state index contributed by atoms with van der Waals surface area (Å²) in [5.41, 5.74) is 2.35. The Morgan fingerprint density at radius 3 is 2.23 bits per heavy atom. The first-order valence-electron chi connectivity index (χ1n) is 9.80. The Morgan fingerprint density at radius 2 is 1.60 bits per heavy atom. The number of esters is 1. The molecule has 0 heterocycles. The normalized spacial score (nSPS) is 11.6. The summed E-state index contributed by atoms with van der Waals surface area (Å²) in [7, 11) is 0. The molecule has 0 amide bonds. The molecule has 0 N–H and O–H groups in total. The van der Waals surface area contributed by atoms with Crippen LogP contribution in [0.5, 0.6) is 11.5 Å².